The van der Waals surface area contributed by atoms with Crippen LogP contribution in [0.1, 0.15) is 5.56 Å². The van der Waals surface area contributed by atoms with Crippen molar-refractivity contribution in [3.8, 4) is 0 Å². The monoisotopic (exact) mass is 251 g/mol. The summed E-state index contributed by atoms with van der Waals surface area (Å²) in [5.74, 6) is -0.0427. The van der Waals surface area contributed by atoms with Gasteiger partial charge in [0.05, 0.1) is 18.3 Å². The van der Waals surface area contributed by atoms with Crippen molar-refractivity contribution in [3.05, 3.63) is 60.6 Å². The Morgan fingerprint density at radius 3 is 3.05 bits per heavy atom. The fourth-order valence-corrected chi connectivity index (χ4v) is 2.03. The van der Waals surface area contributed by atoms with Crippen LogP contribution < -0.4 is 5.32 Å². The van der Waals surface area contributed by atoms with Gasteiger partial charge in [0.2, 0.25) is 5.91 Å². The van der Waals surface area contributed by atoms with Crippen LogP contribution in [-0.4, -0.2) is 15.9 Å². The molecule has 4 heteroatoms. The van der Waals surface area contributed by atoms with E-state index in [-0.39, 0.29) is 5.91 Å². The zero-order chi connectivity index (χ0) is 13.1. The van der Waals surface area contributed by atoms with E-state index in [1.54, 1.807) is 18.5 Å². The number of amides is 1. The molecule has 1 aromatic carbocycles. The highest BCUT2D eigenvalue weighted by Crippen LogP contribution is 2.15. The zero-order valence-electron chi connectivity index (χ0n) is 10.3. The first kappa shape index (κ1) is 11.5. The van der Waals surface area contributed by atoms with Crippen LogP contribution in [0.3, 0.4) is 0 Å². The lowest BCUT2D eigenvalue weighted by Crippen LogP contribution is -2.14. The zero-order valence-corrected chi connectivity index (χ0v) is 10.3. The average molecular weight is 251 g/mol. The lowest BCUT2D eigenvalue weighted by molar-refractivity contribution is -0.115. The number of pyridine rings is 1. The molecule has 0 unspecified atom stereocenters. The van der Waals surface area contributed by atoms with Crippen molar-refractivity contribution in [1.82, 2.24) is 9.97 Å². The summed E-state index contributed by atoms with van der Waals surface area (Å²) in [6.45, 7) is 0. The molecular weight excluding hydrogens is 238 g/mol. The van der Waals surface area contributed by atoms with Gasteiger partial charge in [-0.2, -0.15) is 0 Å². The number of benzene rings is 1. The van der Waals surface area contributed by atoms with Gasteiger partial charge in [0.1, 0.15) is 0 Å². The summed E-state index contributed by atoms with van der Waals surface area (Å²) in [6, 6.07) is 11.6. The SMILES string of the molecule is O=C(Cc1ccc2cc[nH]c2c1)Nc1cccnc1. The Hall–Kier alpha value is -2.62. The highest BCUT2D eigenvalue weighted by molar-refractivity contribution is 5.92. The number of aromatic amines is 1. The lowest BCUT2D eigenvalue weighted by atomic mass is 10.1. The summed E-state index contributed by atoms with van der Waals surface area (Å²) in [5.41, 5.74) is 2.75. The van der Waals surface area contributed by atoms with Gasteiger partial charge in [0.25, 0.3) is 0 Å². The average Bonchev–Trinajstić information content (AvgIpc) is 2.87. The molecule has 0 bridgehead atoms. The summed E-state index contributed by atoms with van der Waals surface area (Å²) in [6.07, 6.45) is 5.55. The molecule has 1 amide bonds. The molecule has 0 saturated carbocycles. The van der Waals surface area contributed by atoms with E-state index in [2.05, 4.69) is 15.3 Å². The second kappa shape index (κ2) is 4.94. The molecule has 0 atom stereocenters. The number of aromatic nitrogens is 2. The maximum absolute atomic E-state index is 11.9. The Labute approximate surface area is 110 Å². The first-order chi connectivity index (χ1) is 9.31. The first-order valence-corrected chi connectivity index (χ1v) is 6.07. The molecule has 0 aliphatic heterocycles. The summed E-state index contributed by atoms with van der Waals surface area (Å²) < 4.78 is 0. The van der Waals surface area contributed by atoms with Crippen LogP contribution in [0.2, 0.25) is 0 Å². The van der Waals surface area contributed by atoms with Gasteiger partial charge in [0.15, 0.2) is 0 Å². The van der Waals surface area contributed by atoms with Gasteiger partial charge < -0.3 is 10.3 Å². The van der Waals surface area contributed by atoms with Gasteiger partial charge >= 0.3 is 0 Å². The molecule has 94 valence electrons. The highest BCUT2D eigenvalue weighted by Gasteiger charge is 2.05. The van der Waals surface area contributed by atoms with Crippen molar-refractivity contribution in [2.24, 2.45) is 0 Å². The normalized spacial score (nSPS) is 10.5. The fraction of sp³-hybridized carbons (Fsp3) is 0.0667. The number of nitrogens with zero attached hydrogens (tertiary/aromatic N) is 1. The summed E-state index contributed by atoms with van der Waals surface area (Å²) in [4.78, 5) is 19.0. The second-order valence-corrected chi connectivity index (χ2v) is 4.37. The number of hydrogen-bond acceptors (Lipinski definition) is 2. The fourth-order valence-electron chi connectivity index (χ4n) is 2.03. The third kappa shape index (κ3) is 2.63. The van der Waals surface area contributed by atoms with E-state index in [9.17, 15) is 4.79 Å². The van der Waals surface area contributed by atoms with Crippen LogP contribution >= 0.6 is 0 Å². The Morgan fingerprint density at radius 1 is 1.26 bits per heavy atom. The molecule has 0 saturated heterocycles. The van der Waals surface area contributed by atoms with Crippen LogP contribution in [0, 0.1) is 0 Å². The maximum Gasteiger partial charge on any atom is 0.228 e. The van der Waals surface area contributed by atoms with Crippen molar-refractivity contribution in [2.75, 3.05) is 5.32 Å². The summed E-state index contributed by atoms with van der Waals surface area (Å²) in [7, 11) is 0. The van der Waals surface area contributed by atoms with Crippen LogP contribution in [0.25, 0.3) is 10.9 Å². The van der Waals surface area contributed by atoms with E-state index in [1.807, 2.05) is 36.5 Å². The molecule has 19 heavy (non-hydrogen) atoms. The number of H-pyrrole nitrogens is 1. The molecule has 3 aromatic rings. The predicted molar refractivity (Wildman–Crippen MR) is 74.9 cm³/mol. The lowest BCUT2D eigenvalue weighted by Gasteiger charge is -2.04. The minimum atomic E-state index is -0.0427. The number of hydrogen-bond donors (Lipinski definition) is 2. The molecule has 2 N–H and O–H groups in total. The van der Waals surface area contributed by atoms with Crippen LogP contribution in [0.15, 0.2) is 55.0 Å². The molecular formula is C15H13N3O. The van der Waals surface area contributed by atoms with Gasteiger partial charge in [-0.05, 0) is 35.2 Å². The third-order valence-electron chi connectivity index (χ3n) is 2.93. The smallest absolute Gasteiger partial charge is 0.228 e. The van der Waals surface area contributed by atoms with Gasteiger partial charge in [-0.25, -0.2) is 0 Å². The van der Waals surface area contributed by atoms with Gasteiger partial charge in [-0.15, -0.1) is 0 Å². The summed E-state index contributed by atoms with van der Waals surface area (Å²) in [5, 5.41) is 3.97. The summed E-state index contributed by atoms with van der Waals surface area (Å²) >= 11 is 0. The van der Waals surface area contributed by atoms with E-state index in [0.717, 1.165) is 16.5 Å². The maximum atomic E-state index is 11.9. The molecule has 4 nitrogen and oxygen atoms in total. The second-order valence-electron chi connectivity index (χ2n) is 4.37. The third-order valence-corrected chi connectivity index (χ3v) is 2.93. The quantitative estimate of drug-likeness (QED) is 0.752. The molecule has 3 rings (SSSR count). The van der Waals surface area contributed by atoms with Crippen LogP contribution in [0.4, 0.5) is 5.69 Å². The van der Waals surface area contributed by atoms with Gasteiger partial charge in [-0.3, -0.25) is 9.78 Å². The van der Waals surface area contributed by atoms with Crippen molar-refractivity contribution >= 4 is 22.5 Å². The van der Waals surface area contributed by atoms with Crippen LogP contribution in [-0.2, 0) is 11.2 Å². The van der Waals surface area contributed by atoms with E-state index < -0.39 is 0 Å². The predicted octanol–water partition coefficient (Wildman–Crippen LogP) is 2.74. The number of nitrogens with one attached hydrogen (secondary N) is 2. The first-order valence-electron chi connectivity index (χ1n) is 6.07. The van der Waals surface area contributed by atoms with Gasteiger partial charge in [-0.1, -0.05) is 12.1 Å². The van der Waals surface area contributed by atoms with E-state index >= 15 is 0 Å². The van der Waals surface area contributed by atoms with Crippen molar-refractivity contribution in [1.29, 1.82) is 0 Å². The van der Waals surface area contributed by atoms with E-state index in [0.29, 0.717) is 12.1 Å². The molecule has 2 aromatic heterocycles. The topological polar surface area (TPSA) is 57.8 Å². The Bertz CT molecular complexity index is 703. The van der Waals surface area contributed by atoms with E-state index in [1.165, 1.54) is 0 Å². The molecule has 0 spiro atoms. The molecule has 0 aliphatic rings. The minimum absolute atomic E-state index is 0.0427. The minimum Gasteiger partial charge on any atom is -0.361 e. The standard InChI is InChI=1S/C15H13N3O/c19-15(18-13-2-1-6-16-10-13)9-11-3-4-12-5-7-17-14(12)8-11/h1-8,10,17H,9H2,(H,18,19). The highest BCUT2D eigenvalue weighted by atomic mass is 16.1. The van der Waals surface area contributed by atoms with E-state index in [4.69, 9.17) is 0 Å². The number of fused-ring (bicyclic) bond motifs is 1. The van der Waals surface area contributed by atoms with Crippen molar-refractivity contribution in [2.45, 2.75) is 6.42 Å². The molecule has 0 radical (unpaired) electrons. The Kier molecular flexibility index (Phi) is 2.98. The molecule has 2 heterocycles. The number of carbonyl (C=O) groups excluding carboxylic acids is 1. The van der Waals surface area contributed by atoms with Crippen molar-refractivity contribution < 1.29 is 4.79 Å². The van der Waals surface area contributed by atoms with Gasteiger partial charge in [0, 0.05) is 17.9 Å². The number of carbonyl (C=O) groups is 1. The molecule has 0 fully saturated rings. The Balaban J connectivity index is 1.72. The number of anilines is 1. The Morgan fingerprint density at radius 2 is 2.21 bits per heavy atom. The van der Waals surface area contributed by atoms with Crippen LogP contribution in [0.5, 0.6) is 0 Å². The van der Waals surface area contributed by atoms with Crippen molar-refractivity contribution in [3.63, 3.8) is 0 Å². The largest absolute Gasteiger partial charge is 0.361 e. The number of rotatable bonds is 3. The molecule has 0 aliphatic carbocycles.